The maximum atomic E-state index is 2.25. The van der Waals surface area contributed by atoms with Crippen LogP contribution in [-0.4, -0.2) is 19.0 Å². The van der Waals surface area contributed by atoms with Crippen molar-refractivity contribution >= 4 is 0 Å². The molecule has 0 spiro atoms. The molecule has 0 bridgehead atoms. The number of rotatable bonds is 1. The Balaban J connectivity index is 2.86. The minimum atomic E-state index is 1.04. The van der Waals surface area contributed by atoms with Gasteiger partial charge in [-0.1, -0.05) is 24.3 Å². The maximum Gasteiger partial charge on any atom is 0.0353 e. The van der Waals surface area contributed by atoms with Gasteiger partial charge in [-0.05, 0) is 18.9 Å². The van der Waals surface area contributed by atoms with Gasteiger partial charge in [0.15, 0.2) is 0 Å². The Hall–Kier alpha value is -0.980. The summed E-state index contributed by atoms with van der Waals surface area (Å²) in [5.41, 5.74) is 2.67. The zero-order chi connectivity index (χ0) is 8.27. The lowest BCUT2D eigenvalue weighted by Gasteiger charge is -2.16. The molecular weight excluding hydrogens is 134 g/mol. The van der Waals surface area contributed by atoms with Gasteiger partial charge in [0.2, 0.25) is 0 Å². The summed E-state index contributed by atoms with van der Waals surface area (Å²) < 4.78 is 0. The van der Waals surface area contributed by atoms with Crippen molar-refractivity contribution in [2.75, 3.05) is 14.1 Å². The van der Waals surface area contributed by atoms with Crippen molar-refractivity contribution < 1.29 is 0 Å². The van der Waals surface area contributed by atoms with Crippen LogP contribution in [0.25, 0.3) is 0 Å². The molecule has 0 N–H and O–H groups in total. The van der Waals surface area contributed by atoms with Crippen LogP contribution in [0.4, 0.5) is 0 Å². The number of hydrogen-bond acceptors (Lipinski definition) is 1. The van der Waals surface area contributed by atoms with Crippen LogP contribution >= 0.6 is 0 Å². The van der Waals surface area contributed by atoms with Gasteiger partial charge in [-0.25, -0.2) is 0 Å². The predicted octanol–water partition coefficient (Wildman–Crippen LogP) is 2.34. The highest BCUT2D eigenvalue weighted by Gasteiger charge is 2.01. The van der Waals surface area contributed by atoms with Crippen molar-refractivity contribution in [2.24, 2.45) is 0 Å². The molecule has 60 valence electrons. The van der Waals surface area contributed by atoms with Crippen molar-refractivity contribution in [1.29, 1.82) is 0 Å². The van der Waals surface area contributed by atoms with E-state index < -0.39 is 0 Å². The first-order valence-corrected chi connectivity index (χ1v) is 3.93. The van der Waals surface area contributed by atoms with Crippen molar-refractivity contribution in [3.05, 3.63) is 35.6 Å². The van der Waals surface area contributed by atoms with E-state index in [1.54, 1.807) is 0 Å². The Morgan fingerprint density at radius 3 is 2.73 bits per heavy atom. The molecule has 1 aliphatic carbocycles. The van der Waals surface area contributed by atoms with E-state index >= 15 is 0 Å². The highest BCUT2D eigenvalue weighted by atomic mass is 15.1. The van der Waals surface area contributed by atoms with Crippen molar-refractivity contribution in [3.8, 4) is 0 Å². The van der Waals surface area contributed by atoms with Gasteiger partial charge in [0, 0.05) is 19.8 Å². The van der Waals surface area contributed by atoms with Crippen LogP contribution in [-0.2, 0) is 0 Å². The molecule has 0 saturated heterocycles. The van der Waals surface area contributed by atoms with Crippen LogP contribution in [0.1, 0.15) is 13.3 Å². The van der Waals surface area contributed by atoms with Crippen LogP contribution in [0.15, 0.2) is 35.6 Å². The molecular formula is C10H15N. The zero-order valence-corrected chi connectivity index (χ0v) is 7.46. The summed E-state index contributed by atoms with van der Waals surface area (Å²) in [5, 5.41) is 0. The summed E-state index contributed by atoms with van der Waals surface area (Å²) in [6.07, 6.45) is 9.72. The topological polar surface area (TPSA) is 3.24 Å². The van der Waals surface area contributed by atoms with Crippen LogP contribution in [0.3, 0.4) is 0 Å². The van der Waals surface area contributed by atoms with Gasteiger partial charge in [0.1, 0.15) is 0 Å². The Bertz CT molecular complexity index is 219. The summed E-state index contributed by atoms with van der Waals surface area (Å²) in [6, 6.07) is 0. The minimum Gasteiger partial charge on any atom is -0.378 e. The minimum absolute atomic E-state index is 1.04. The van der Waals surface area contributed by atoms with E-state index in [2.05, 4.69) is 50.2 Å². The zero-order valence-electron chi connectivity index (χ0n) is 7.46. The van der Waals surface area contributed by atoms with E-state index in [1.165, 1.54) is 11.3 Å². The second-order valence-corrected chi connectivity index (χ2v) is 3.00. The van der Waals surface area contributed by atoms with E-state index in [4.69, 9.17) is 0 Å². The van der Waals surface area contributed by atoms with Crippen molar-refractivity contribution in [3.63, 3.8) is 0 Å². The number of nitrogens with zero attached hydrogens (tertiary/aromatic N) is 1. The molecule has 0 aromatic heterocycles. The molecule has 11 heavy (non-hydrogen) atoms. The van der Waals surface area contributed by atoms with Gasteiger partial charge in [-0.15, -0.1) is 0 Å². The monoisotopic (exact) mass is 149 g/mol. The lowest BCUT2D eigenvalue weighted by Crippen LogP contribution is -2.11. The first-order valence-electron chi connectivity index (χ1n) is 3.93. The van der Waals surface area contributed by atoms with Crippen molar-refractivity contribution in [2.45, 2.75) is 13.3 Å². The third-order valence-corrected chi connectivity index (χ3v) is 1.82. The molecule has 1 aliphatic rings. The summed E-state index contributed by atoms with van der Waals surface area (Å²) in [4.78, 5) is 2.15. The van der Waals surface area contributed by atoms with E-state index in [1.807, 2.05) is 0 Å². The maximum absolute atomic E-state index is 2.25. The smallest absolute Gasteiger partial charge is 0.0353 e. The molecule has 0 saturated carbocycles. The molecule has 0 aromatic rings. The SMILES string of the molecule is CC1=CC=CCC=C1N(C)C. The van der Waals surface area contributed by atoms with Crippen molar-refractivity contribution in [1.82, 2.24) is 4.90 Å². The van der Waals surface area contributed by atoms with E-state index in [0.717, 1.165) is 6.42 Å². The molecule has 0 aliphatic heterocycles. The van der Waals surface area contributed by atoms with E-state index in [-0.39, 0.29) is 0 Å². The third kappa shape index (κ3) is 1.97. The average molecular weight is 149 g/mol. The summed E-state index contributed by atoms with van der Waals surface area (Å²) in [7, 11) is 4.16. The Kier molecular flexibility index (Phi) is 2.53. The first kappa shape index (κ1) is 8.12. The van der Waals surface area contributed by atoms with Gasteiger partial charge in [0.25, 0.3) is 0 Å². The Morgan fingerprint density at radius 2 is 2.09 bits per heavy atom. The van der Waals surface area contributed by atoms with Crippen LogP contribution in [0.5, 0.6) is 0 Å². The van der Waals surface area contributed by atoms with Gasteiger partial charge < -0.3 is 4.90 Å². The highest BCUT2D eigenvalue weighted by Crippen LogP contribution is 2.15. The number of allylic oxidation sites excluding steroid dienone is 5. The predicted molar refractivity (Wildman–Crippen MR) is 49.3 cm³/mol. The number of hydrogen-bond donors (Lipinski definition) is 0. The lowest BCUT2D eigenvalue weighted by molar-refractivity contribution is 0.520. The van der Waals surface area contributed by atoms with Crippen LogP contribution in [0.2, 0.25) is 0 Å². The average Bonchev–Trinajstić information content (AvgIpc) is 2.13. The fourth-order valence-electron chi connectivity index (χ4n) is 1.25. The summed E-state index contributed by atoms with van der Waals surface area (Å²) in [5.74, 6) is 0. The van der Waals surface area contributed by atoms with Gasteiger partial charge >= 0.3 is 0 Å². The standard InChI is InChI=1S/C10H15N/c1-9-7-5-4-6-8-10(9)11(2)3/h4-5,7-8H,6H2,1-3H3. The first-order chi connectivity index (χ1) is 5.22. The van der Waals surface area contributed by atoms with E-state index in [9.17, 15) is 0 Å². The normalized spacial score (nSPS) is 17.0. The molecule has 0 atom stereocenters. The summed E-state index contributed by atoms with van der Waals surface area (Å²) >= 11 is 0. The second-order valence-electron chi connectivity index (χ2n) is 3.00. The van der Waals surface area contributed by atoms with Gasteiger partial charge in [0.05, 0.1) is 0 Å². The largest absolute Gasteiger partial charge is 0.378 e. The Labute approximate surface area is 68.7 Å². The molecule has 0 amide bonds. The molecule has 0 unspecified atom stereocenters. The highest BCUT2D eigenvalue weighted by molar-refractivity contribution is 5.33. The van der Waals surface area contributed by atoms with Crippen LogP contribution in [0, 0.1) is 0 Å². The Morgan fingerprint density at radius 1 is 1.36 bits per heavy atom. The molecule has 0 fully saturated rings. The summed E-state index contributed by atoms with van der Waals surface area (Å²) in [6.45, 7) is 2.14. The molecule has 1 rings (SSSR count). The second kappa shape index (κ2) is 3.42. The third-order valence-electron chi connectivity index (χ3n) is 1.82. The molecule has 1 heteroatoms. The van der Waals surface area contributed by atoms with Gasteiger partial charge in [-0.3, -0.25) is 0 Å². The number of likely N-dealkylation sites (N-methyl/N-ethyl adjacent to an activating group) is 1. The van der Waals surface area contributed by atoms with Crippen LogP contribution < -0.4 is 0 Å². The quantitative estimate of drug-likeness (QED) is 0.553. The van der Waals surface area contributed by atoms with E-state index in [0.29, 0.717) is 0 Å². The molecule has 1 nitrogen and oxygen atoms in total. The fraction of sp³-hybridized carbons (Fsp3) is 0.400. The molecule has 0 aromatic carbocycles. The van der Waals surface area contributed by atoms with Gasteiger partial charge in [-0.2, -0.15) is 0 Å². The molecule has 0 heterocycles. The molecule has 0 radical (unpaired) electrons. The fourth-order valence-corrected chi connectivity index (χ4v) is 1.25. The lowest BCUT2D eigenvalue weighted by atomic mass is 10.2.